The van der Waals surface area contributed by atoms with Crippen molar-refractivity contribution in [2.75, 3.05) is 11.1 Å². The molecule has 0 radical (unpaired) electrons. The van der Waals surface area contributed by atoms with Crippen molar-refractivity contribution in [3.05, 3.63) is 72.2 Å². The van der Waals surface area contributed by atoms with E-state index in [1.54, 1.807) is 6.20 Å². The van der Waals surface area contributed by atoms with Crippen LogP contribution in [-0.4, -0.2) is 31.6 Å². The average molecular weight is 455 g/mol. The van der Waals surface area contributed by atoms with Crippen LogP contribution in [0, 0.1) is 6.92 Å². The molecule has 6 nitrogen and oxygen atoms in total. The van der Waals surface area contributed by atoms with Crippen LogP contribution in [0.25, 0.3) is 22.4 Å². The first kappa shape index (κ1) is 21.7. The number of hydrogen-bond donors (Lipinski definition) is 1. The molecule has 4 rings (SSSR count). The molecule has 0 aliphatic carbocycles. The van der Waals surface area contributed by atoms with Crippen molar-refractivity contribution >= 4 is 34.4 Å². The number of halogens is 3. The Morgan fingerprint density at radius 1 is 1.03 bits per heavy atom. The molecule has 4 aromatic rings. The summed E-state index contributed by atoms with van der Waals surface area (Å²) in [5, 5.41) is 3.33. The summed E-state index contributed by atoms with van der Waals surface area (Å²) in [5.41, 5.74) is 1.18. The second-order valence-corrected chi connectivity index (χ2v) is 7.82. The lowest BCUT2D eigenvalue weighted by Gasteiger charge is -2.13. The zero-order valence-corrected chi connectivity index (χ0v) is 17.5. The third-order valence-electron chi connectivity index (χ3n) is 4.51. The van der Waals surface area contributed by atoms with Gasteiger partial charge in [0, 0.05) is 11.8 Å². The zero-order valence-electron chi connectivity index (χ0n) is 16.7. The number of alkyl halides is 3. The van der Waals surface area contributed by atoms with E-state index in [2.05, 4.69) is 25.3 Å². The second kappa shape index (κ2) is 8.91. The molecule has 1 amide bonds. The number of thioether (sulfide) groups is 1. The van der Waals surface area contributed by atoms with Crippen LogP contribution < -0.4 is 5.32 Å². The first-order valence-electron chi connectivity index (χ1n) is 9.45. The average Bonchev–Trinajstić information content (AvgIpc) is 2.77. The summed E-state index contributed by atoms with van der Waals surface area (Å²) in [5.74, 6) is -0.220. The quantitative estimate of drug-likeness (QED) is 0.331. The molecule has 0 bridgehead atoms. The molecule has 0 saturated heterocycles. The lowest BCUT2D eigenvalue weighted by Crippen LogP contribution is -2.18. The van der Waals surface area contributed by atoms with E-state index in [-0.39, 0.29) is 11.4 Å². The van der Waals surface area contributed by atoms with Crippen molar-refractivity contribution in [2.24, 2.45) is 0 Å². The van der Waals surface area contributed by atoms with Gasteiger partial charge in [0.1, 0.15) is 11.4 Å². The number of hydrogen-bond acceptors (Lipinski definition) is 6. The van der Waals surface area contributed by atoms with Crippen molar-refractivity contribution in [1.82, 2.24) is 19.9 Å². The largest absolute Gasteiger partial charge is 0.418 e. The molecular formula is C22H16F3N5OS. The number of amides is 1. The molecule has 0 atom stereocenters. The minimum absolute atomic E-state index is 0.141. The number of nitrogens with zero attached hydrogens (tertiary/aromatic N) is 4. The Bertz CT molecular complexity index is 1280. The number of carbonyl (C=O) groups is 1. The number of aryl methyl sites for hydroxylation is 1. The Morgan fingerprint density at radius 2 is 1.78 bits per heavy atom. The van der Waals surface area contributed by atoms with E-state index in [1.165, 1.54) is 24.5 Å². The smallest absolute Gasteiger partial charge is 0.325 e. The van der Waals surface area contributed by atoms with E-state index in [0.29, 0.717) is 21.9 Å². The van der Waals surface area contributed by atoms with Crippen LogP contribution in [0.2, 0.25) is 0 Å². The van der Waals surface area contributed by atoms with Gasteiger partial charge in [-0.1, -0.05) is 53.7 Å². The van der Waals surface area contributed by atoms with Gasteiger partial charge in [0.25, 0.3) is 0 Å². The van der Waals surface area contributed by atoms with Crippen LogP contribution in [0.5, 0.6) is 0 Å². The van der Waals surface area contributed by atoms with Gasteiger partial charge in [-0.15, -0.1) is 0 Å². The number of para-hydroxylation sites is 1. The third kappa shape index (κ3) is 4.86. The number of aromatic nitrogens is 4. The van der Waals surface area contributed by atoms with Crippen molar-refractivity contribution in [3.63, 3.8) is 0 Å². The van der Waals surface area contributed by atoms with E-state index in [0.717, 1.165) is 29.0 Å². The highest BCUT2D eigenvalue weighted by atomic mass is 32.2. The van der Waals surface area contributed by atoms with Gasteiger partial charge in [0.05, 0.1) is 22.4 Å². The van der Waals surface area contributed by atoms with Gasteiger partial charge in [-0.25, -0.2) is 19.9 Å². The van der Waals surface area contributed by atoms with Crippen molar-refractivity contribution in [2.45, 2.75) is 18.1 Å². The summed E-state index contributed by atoms with van der Waals surface area (Å²) in [6.45, 7) is 1.99. The normalized spacial score (nSPS) is 11.5. The van der Waals surface area contributed by atoms with E-state index in [9.17, 15) is 18.0 Å². The van der Waals surface area contributed by atoms with Gasteiger partial charge in [0.2, 0.25) is 5.91 Å². The summed E-state index contributed by atoms with van der Waals surface area (Å²) < 4.78 is 39.3. The number of rotatable bonds is 5. The minimum atomic E-state index is -4.56. The highest BCUT2D eigenvalue weighted by Crippen LogP contribution is 2.34. The molecular weight excluding hydrogens is 439 g/mol. The van der Waals surface area contributed by atoms with Crippen LogP contribution in [-0.2, 0) is 11.0 Å². The van der Waals surface area contributed by atoms with Crippen molar-refractivity contribution in [1.29, 1.82) is 0 Å². The van der Waals surface area contributed by atoms with Gasteiger partial charge < -0.3 is 5.32 Å². The second-order valence-electron chi connectivity index (χ2n) is 6.86. The fourth-order valence-corrected chi connectivity index (χ4v) is 3.71. The molecule has 2 heterocycles. The van der Waals surface area contributed by atoms with Crippen molar-refractivity contribution in [3.8, 4) is 11.4 Å². The van der Waals surface area contributed by atoms with Gasteiger partial charge in [-0.3, -0.25) is 4.79 Å². The molecule has 0 aliphatic heterocycles. The Hall–Kier alpha value is -3.53. The summed E-state index contributed by atoms with van der Waals surface area (Å²) in [7, 11) is 0. The standard InChI is InChI=1S/C22H16F3N5OS/c1-13-6-8-14(9-7-13)19-26-10-15-20(30-19)27-12-28-21(15)32-11-18(31)29-17-5-3-2-4-16(17)22(23,24)25/h2-10,12H,11H2,1H3,(H,29,31). The van der Waals surface area contributed by atoms with Crippen LogP contribution in [0.3, 0.4) is 0 Å². The summed E-state index contributed by atoms with van der Waals surface area (Å²) in [6, 6.07) is 12.6. The maximum absolute atomic E-state index is 13.1. The van der Waals surface area contributed by atoms with Crippen LogP contribution >= 0.6 is 11.8 Å². The lowest BCUT2D eigenvalue weighted by atomic mass is 10.1. The molecule has 1 N–H and O–H groups in total. The number of carbonyl (C=O) groups excluding carboxylic acids is 1. The number of fused-ring (bicyclic) bond motifs is 1. The summed E-state index contributed by atoms with van der Waals surface area (Å²) in [4.78, 5) is 29.5. The Morgan fingerprint density at radius 3 is 2.53 bits per heavy atom. The van der Waals surface area contributed by atoms with E-state index in [4.69, 9.17) is 0 Å². The monoisotopic (exact) mass is 455 g/mol. The zero-order chi connectivity index (χ0) is 22.7. The predicted octanol–water partition coefficient (Wildman–Crippen LogP) is 5.14. The molecule has 2 aromatic heterocycles. The third-order valence-corrected chi connectivity index (χ3v) is 5.52. The molecule has 0 spiro atoms. The van der Waals surface area contributed by atoms with Crippen LogP contribution in [0.4, 0.5) is 18.9 Å². The SMILES string of the molecule is Cc1ccc(-c2ncc3c(SCC(=O)Nc4ccccc4C(F)(F)F)ncnc3n2)cc1. The molecule has 2 aromatic carbocycles. The number of benzene rings is 2. The molecule has 0 fully saturated rings. The first-order chi connectivity index (χ1) is 15.3. The fourth-order valence-electron chi connectivity index (χ4n) is 2.94. The number of anilines is 1. The first-order valence-corrected chi connectivity index (χ1v) is 10.4. The molecule has 10 heteroatoms. The number of nitrogens with one attached hydrogen (secondary N) is 1. The van der Waals surface area contributed by atoms with E-state index < -0.39 is 17.6 Å². The predicted molar refractivity (Wildman–Crippen MR) is 116 cm³/mol. The topological polar surface area (TPSA) is 80.7 Å². The maximum atomic E-state index is 13.1. The Balaban J connectivity index is 1.50. The lowest BCUT2D eigenvalue weighted by molar-refractivity contribution is -0.137. The highest BCUT2D eigenvalue weighted by molar-refractivity contribution is 8.00. The molecule has 32 heavy (non-hydrogen) atoms. The molecule has 0 saturated carbocycles. The van der Waals surface area contributed by atoms with Crippen LogP contribution in [0.1, 0.15) is 11.1 Å². The molecule has 0 unspecified atom stereocenters. The summed E-state index contributed by atoms with van der Waals surface area (Å²) >= 11 is 1.07. The fraction of sp³-hybridized carbons (Fsp3) is 0.136. The highest BCUT2D eigenvalue weighted by Gasteiger charge is 2.33. The van der Waals surface area contributed by atoms with Gasteiger partial charge in [-0.2, -0.15) is 13.2 Å². The Labute approximate surface area is 185 Å². The summed E-state index contributed by atoms with van der Waals surface area (Å²) in [6.07, 6.45) is -1.66. The molecule has 0 aliphatic rings. The van der Waals surface area contributed by atoms with Gasteiger partial charge in [0.15, 0.2) is 11.5 Å². The van der Waals surface area contributed by atoms with E-state index >= 15 is 0 Å². The minimum Gasteiger partial charge on any atom is -0.325 e. The van der Waals surface area contributed by atoms with Crippen molar-refractivity contribution < 1.29 is 18.0 Å². The maximum Gasteiger partial charge on any atom is 0.418 e. The van der Waals surface area contributed by atoms with E-state index in [1.807, 2.05) is 31.2 Å². The van der Waals surface area contributed by atoms with Gasteiger partial charge >= 0.3 is 6.18 Å². The molecule has 162 valence electrons. The van der Waals surface area contributed by atoms with Gasteiger partial charge in [-0.05, 0) is 19.1 Å². The Kier molecular flexibility index (Phi) is 6.04. The van der Waals surface area contributed by atoms with Crippen LogP contribution in [0.15, 0.2) is 66.1 Å².